The van der Waals surface area contributed by atoms with Gasteiger partial charge in [-0.3, -0.25) is 0 Å². The number of hydrogen-bond acceptors (Lipinski definition) is 6. The number of rotatable bonds is 4. The zero-order chi connectivity index (χ0) is 16.4. The fraction of sp³-hybridized carbons (Fsp3) is 0.200. The van der Waals surface area contributed by atoms with E-state index in [0.29, 0.717) is 17.8 Å². The summed E-state index contributed by atoms with van der Waals surface area (Å²) in [5, 5.41) is 9.79. The van der Waals surface area contributed by atoms with Crippen LogP contribution in [0.1, 0.15) is 22.8 Å². The fourth-order valence-corrected chi connectivity index (χ4v) is 2.41. The van der Waals surface area contributed by atoms with Crippen molar-refractivity contribution in [3.8, 4) is 11.6 Å². The molecule has 8 heteroatoms. The summed E-state index contributed by atoms with van der Waals surface area (Å²) in [6, 6.07) is 6.61. The molecular formula is C15H13BClNO5. The van der Waals surface area contributed by atoms with Gasteiger partial charge in [-0.15, -0.1) is 0 Å². The number of aromatic nitrogens is 1. The van der Waals surface area contributed by atoms with Crippen molar-refractivity contribution < 1.29 is 23.9 Å². The molecule has 0 spiro atoms. The van der Waals surface area contributed by atoms with Crippen LogP contribution in [0.4, 0.5) is 0 Å². The van der Waals surface area contributed by atoms with E-state index in [1.807, 2.05) is 0 Å². The van der Waals surface area contributed by atoms with Crippen LogP contribution in [-0.2, 0) is 16.0 Å². The van der Waals surface area contributed by atoms with Crippen LogP contribution in [0, 0.1) is 0 Å². The van der Waals surface area contributed by atoms with Gasteiger partial charge in [0.2, 0.25) is 5.88 Å². The van der Waals surface area contributed by atoms with E-state index in [-0.39, 0.29) is 23.1 Å². The van der Waals surface area contributed by atoms with Crippen LogP contribution in [0.15, 0.2) is 30.5 Å². The number of hydrogen-bond donors (Lipinski definition) is 1. The van der Waals surface area contributed by atoms with Gasteiger partial charge >= 0.3 is 13.1 Å². The smallest absolute Gasteiger partial charge is 0.462 e. The van der Waals surface area contributed by atoms with Gasteiger partial charge in [-0.05, 0) is 36.1 Å². The minimum atomic E-state index is -0.898. The van der Waals surface area contributed by atoms with Gasteiger partial charge < -0.3 is 19.2 Å². The summed E-state index contributed by atoms with van der Waals surface area (Å²) >= 11 is 6.10. The highest BCUT2D eigenvalue weighted by atomic mass is 35.5. The first-order chi connectivity index (χ1) is 11.1. The highest BCUT2D eigenvalue weighted by Gasteiger charge is 2.27. The number of esters is 1. The van der Waals surface area contributed by atoms with E-state index < -0.39 is 13.1 Å². The van der Waals surface area contributed by atoms with Gasteiger partial charge in [0.25, 0.3) is 0 Å². The number of benzene rings is 1. The van der Waals surface area contributed by atoms with E-state index in [1.165, 1.54) is 12.3 Å². The van der Waals surface area contributed by atoms with Crippen LogP contribution < -0.4 is 10.2 Å². The molecule has 2 aromatic rings. The van der Waals surface area contributed by atoms with Crippen molar-refractivity contribution in [1.29, 1.82) is 0 Å². The lowest BCUT2D eigenvalue weighted by Crippen LogP contribution is -2.27. The van der Waals surface area contributed by atoms with Crippen LogP contribution in [-0.4, -0.2) is 29.7 Å². The van der Waals surface area contributed by atoms with Gasteiger partial charge in [0.15, 0.2) is 0 Å². The molecule has 1 N–H and O–H groups in total. The molecule has 0 radical (unpaired) electrons. The normalized spacial score (nSPS) is 12.9. The Hall–Kier alpha value is -2.09. The predicted molar refractivity (Wildman–Crippen MR) is 84.1 cm³/mol. The first-order valence-corrected chi connectivity index (χ1v) is 7.39. The Morgan fingerprint density at radius 3 is 3.04 bits per heavy atom. The maximum atomic E-state index is 11.6. The van der Waals surface area contributed by atoms with E-state index >= 15 is 0 Å². The van der Waals surface area contributed by atoms with Gasteiger partial charge in [-0.1, -0.05) is 17.7 Å². The summed E-state index contributed by atoms with van der Waals surface area (Å²) in [6.45, 7) is 2.31. The summed E-state index contributed by atoms with van der Waals surface area (Å²) < 4.78 is 15.6. The molecular weight excluding hydrogens is 320 g/mol. The molecule has 6 nitrogen and oxygen atoms in total. The van der Waals surface area contributed by atoms with Gasteiger partial charge in [0.05, 0.1) is 18.8 Å². The monoisotopic (exact) mass is 333 g/mol. The summed E-state index contributed by atoms with van der Waals surface area (Å²) in [6.07, 6.45) is 1.35. The number of carbonyl (C=O) groups is 1. The van der Waals surface area contributed by atoms with Crippen LogP contribution in [0.2, 0.25) is 5.02 Å². The molecule has 23 heavy (non-hydrogen) atoms. The van der Waals surface area contributed by atoms with E-state index in [1.54, 1.807) is 25.1 Å². The second-order valence-corrected chi connectivity index (χ2v) is 5.26. The third-order valence-electron chi connectivity index (χ3n) is 3.31. The van der Waals surface area contributed by atoms with Crippen molar-refractivity contribution in [2.24, 2.45) is 0 Å². The summed E-state index contributed by atoms with van der Waals surface area (Å²) in [4.78, 5) is 15.7. The Balaban J connectivity index is 1.79. The molecule has 3 rings (SSSR count). The minimum Gasteiger partial charge on any atom is -0.462 e. The molecule has 0 saturated carbocycles. The van der Waals surface area contributed by atoms with Crippen molar-refractivity contribution in [1.82, 2.24) is 4.98 Å². The lowest BCUT2D eigenvalue weighted by Gasteiger charge is -2.09. The quantitative estimate of drug-likeness (QED) is 0.680. The molecule has 0 saturated heterocycles. The first kappa shape index (κ1) is 15.8. The number of ether oxygens (including phenoxy) is 2. The lowest BCUT2D eigenvalue weighted by molar-refractivity contribution is 0.0526. The topological polar surface area (TPSA) is 77.9 Å². The molecule has 0 amide bonds. The van der Waals surface area contributed by atoms with Gasteiger partial charge in [0.1, 0.15) is 10.8 Å². The fourth-order valence-electron chi connectivity index (χ4n) is 2.21. The van der Waals surface area contributed by atoms with Gasteiger partial charge in [-0.2, -0.15) is 0 Å². The average molecular weight is 334 g/mol. The second kappa shape index (κ2) is 6.58. The van der Waals surface area contributed by atoms with Crippen molar-refractivity contribution in [3.63, 3.8) is 0 Å². The molecule has 1 aromatic carbocycles. The summed E-state index contributed by atoms with van der Waals surface area (Å²) in [5.41, 5.74) is 1.82. The lowest BCUT2D eigenvalue weighted by atomic mass is 9.80. The minimum absolute atomic E-state index is 0.180. The van der Waals surface area contributed by atoms with Crippen LogP contribution in [0.5, 0.6) is 11.6 Å². The molecule has 1 aliphatic heterocycles. The Bertz CT molecular complexity index is 755. The Kier molecular flexibility index (Phi) is 4.52. The number of pyridine rings is 1. The van der Waals surface area contributed by atoms with E-state index in [0.717, 1.165) is 5.56 Å². The van der Waals surface area contributed by atoms with Crippen molar-refractivity contribution in [2.75, 3.05) is 6.61 Å². The summed E-state index contributed by atoms with van der Waals surface area (Å²) in [7, 11) is -0.898. The molecule has 0 atom stereocenters. The molecule has 0 bridgehead atoms. The van der Waals surface area contributed by atoms with Crippen LogP contribution in [0.3, 0.4) is 0 Å². The van der Waals surface area contributed by atoms with E-state index in [4.69, 9.17) is 25.7 Å². The van der Waals surface area contributed by atoms with Crippen molar-refractivity contribution in [3.05, 3.63) is 46.6 Å². The molecule has 0 unspecified atom stereocenters. The van der Waals surface area contributed by atoms with E-state index in [9.17, 15) is 9.82 Å². The standard InChI is InChI=1S/C15H13BClNO5/c1-2-21-15(19)9-6-13(17)14(18-7-9)23-11-3-4-12-10(5-11)8-22-16(12)20/h3-7,20H,2,8H2,1H3. The Morgan fingerprint density at radius 1 is 1.48 bits per heavy atom. The first-order valence-electron chi connectivity index (χ1n) is 7.01. The Morgan fingerprint density at radius 2 is 2.30 bits per heavy atom. The largest absolute Gasteiger partial charge is 0.491 e. The third kappa shape index (κ3) is 3.31. The van der Waals surface area contributed by atoms with E-state index in [2.05, 4.69) is 4.98 Å². The van der Waals surface area contributed by atoms with Crippen LogP contribution >= 0.6 is 11.6 Å². The number of halogens is 1. The molecule has 0 aliphatic carbocycles. The highest BCUT2D eigenvalue weighted by Crippen LogP contribution is 2.28. The van der Waals surface area contributed by atoms with Gasteiger partial charge in [0, 0.05) is 6.20 Å². The average Bonchev–Trinajstić information content (AvgIpc) is 2.90. The zero-order valence-corrected chi connectivity index (χ0v) is 13.0. The second-order valence-electron chi connectivity index (χ2n) is 4.86. The van der Waals surface area contributed by atoms with Gasteiger partial charge in [-0.25, -0.2) is 9.78 Å². The van der Waals surface area contributed by atoms with Crippen molar-refractivity contribution in [2.45, 2.75) is 13.5 Å². The predicted octanol–water partition coefficient (Wildman–Crippen LogP) is 1.92. The number of carbonyl (C=O) groups excluding carboxylic acids is 1. The van der Waals surface area contributed by atoms with Crippen molar-refractivity contribution >= 4 is 30.2 Å². The molecule has 0 fully saturated rings. The third-order valence-corrected chi connectivity index (χ3v) is 3.58. The number of fused-ring (bicyclic) bond motifs is 1. The molecule has 2 heterocycles. The molecule has 1 aliphatic rings. The highest BCUT2D eigenvalue weighted by molar-refractivity contribution is 6.61. The maximum absolute atomic E-state index is 11.6. The van der Waals surface area contributed by atoms with Crippen LogP contribution in [0.25, 0.3) is 0 Å². The number of nitrogens with zero attached hydrogens (tertiary/aromatic N) is 1. The zero-order valence-electron chi connectivity index (χ0n) is 12.3. The Labute approximate surface area is 138 Å². The maximum Gasteiger partial charge on any atom is 0.491 e. The summed E-state index contributed by atoms with van der Waals surface area (Å²) in [5.74, 6) is 0.205. The SMILES string of the molecule is CCOC(=O)c1cnc(Oc2ccc3c(c2)COB3O)c(Cl)c1. The molecule has 1 aromatic heterocycles. The molecule has 118 valence electrons.